The van der Waals surface area contributed by atoms with Crippen LogP contribution >= 0.6 is 0 Å². The summed E-state index contributed by atoms with van der Waals surface area (Å²) < 4.78 is 20.4. The Labute approximate surface area is 118 Å². The number of benzene rings is 1. The van der Waals surface area contributed by atoms with Gasteiger partial charge in [0.15, 0.2) is 0 Å². The zero-order chi connectivity index (χ0) is 14.8. The minimum absolute atomic E-state index is 0.182. The fraction of sp³-hybridized carbons (Fsp3) is 0.500. The summed E-state index contributed by atoms with van der Waals surface area (Å²) in [7, 11) is 1.60. The second-order valence-corrected chi connectivity index (χ2v) is 3.96. The molecule has 0 bridgehead atoms. The van der Waals surface area contributed by atoms with Crippen molar-refractivity contribution < 1.29 is 23.7 Å². The van der Waals surface area contributed by atoms with Gasteiger partial charge in [0.2, 0.25) is 0 Å². The molecule has 0 saturated heterocycles. The summed E-state index contributed by atoms with van der Waals surface area (Å²) >= 11 is 0. The van der Waals surface area contributed by atoms with Crippen LogP contribution in [-0.4, -0.2) is 46.1 Å². The van der Waals surface area contributed by atoms with E-state index in [-0.39, 0.29) is 6.61 Å². The normalized spacial score (nSPS) is 10.3. The fourth-order valence-electron chi connectivity index (χ4n) is 1.51. The summed E-state index contributed by atoms with van der Waals surface area (Å²) in [6.07, 6.45) is 0. The first-order valence-electron chi connectivity index (χ1n) is 6.44. The van der Waals surface area contributed by atoms with Crippen molar-refractivity contribution in [3.8, 4) is 5.75 Å². The number of ether oxygens (including phenoxy) is 4. The van der Waals surface area contributed by atoms with Gasteiger partial charge in [-0.3, -0.25) is 0 Å². The highest BCUT2D eigenvalue weighted by Crippen LogP contribution is 2.19. The largest absolute Gasteiger partial charge is 0.494 e. The summed E-state index contributed by atoms with van der Waals surface area (Å²) in [5.74, 6) is 0.101. The van der Waals surface area contributed by atoms with Crippen molar-refractivity contribution in [3.05, 3.63) is 23.8 Å². The van der Waals surface area contributed by atoms with Crippen LogP contribution in [0.25, 0.3) is 0 Å². The van der Waals surface area contributed by atoms with Gasteiger partial charge in [-0.25, -0.2) is 4.79 Å². The Hall–Kier alpha value is -1.79. The molecule has 20 heavy (non-hydrogen) atoms. The van der Waals surface area contributed by atoms with Crippen LogP contribution < -0.4 is 10.5 Å². The van der Waals surface area contributed by atoms with Crippen LogP contribution in [0, 0.1) is 0 Å². The molecule has 1 aromatic rings. The zero-order valence-electron chi connectivity index (χ0n) is 11.9. The number of hydrogen-bond donors (Lipinski definition) is 1. The molecule has 6 nitrogen and oxygen atoms in total. The smallest absolute Gasteiger partial charge is 0.338 e. The van der Waals surface area contributed by atoms with Gasteiger partial charge in [-0.1, -0.05) is 0 Å². The second-order valence-electron chi connectivity index (χ2n) is 3.96. The zero-order valence-corrected chi connectivity index (χ0v) is 11.9. The van der Waals surface area contributed by atoms with Gasteiger partial charge in [0.25, 0.3) is 0 Å². The fourth-order valence-corrected chi connectivity index (χ4v) is 1.51. The lowest BCUT2D eigenvalue weighted by molar-refractivity contribution is 0.0213. The van der Waals surface area contributed by atoms with Gasteiger partial charge < -0.3 is 24.7 Å². The van der Waals surface area contributed by atoms with Gasteiger partial charge in [0.1, 0.15) is 12.4 Å². The van der Waals surface area contributed by atoms with E-state index in [9.17, 15) is 4.79 Å². The molecular formula is C14H21NO5. The molecule has 112 valence electrons. The number of hydrogen-bond acceptors (Lipinski definition) is 6. The molecule has 2 N–H and O–H groups in total. The Morgan fingerprint density at radius 3 is 2.60 bits per heavy atom. The van der Waals surface area contributed by atoms with E-state index >= 15 is 0 Å². The molecule has 0 unspecified atom stereocenters. The van der Waals surface area contributed by atoms with Crippen molar-refractivity contribution in [3.63, 3.8) is 0 Å². The lowest BCUT2D eigenvalue weighted by Crippen LogP contribution is -2.13. The van der Waals surface area contributed by atoms with Crippen molar-refractivity contribution in [1.29, 1.82) is 0 Å². The number of carbonyl (C=O) groups excluding carboxylic acids is 1. The number of rotatable bonds is 9. The summed E-state index contributed by atoms with van der Waals surface area (Å²) in [5, 5.41) is 0. The number of anilines is 1. The van der Waals surface area contributed by atoms with Gasteiger partial charge >= 0.3 is 5.97 Å². The Bertz CT molecular complexity index is 422. The molecule has 1 rings (SSSR count). The molecule has 0 spiro atoms. The van der Waals surface area contributed by atoms with Crippen LogP contribution in [0.4, 0.5) is 5.69 Å². The average molecular weight is 283 g/mol. The third-order valence-electron chi connectivity index (χ3n) is 2.37. The van der Waals surface area contributed by atoms with Crippen molar-refractivity contribution in [2.75, 3.05) is 45.9 Å². The van der Waals surface area contributed by atoms with E-state index in [0.717, 1.165) is 0 Å². The van der Waals surface area contributed by atoms with Crippen molar-refractivity contribution >= 4 is 11.7 Å². The maximum absolute atomic E-state index is 11.8. The van der Waals surface area contributed by atoms with Crippen LogP contribution in [0.15, 0.2) is 18.2 Å². The molecular weight excluding hydrogens is 262 g/mol. The first-order chi connectivity index (χ1) is 9.67. The third kappa shape index (κ3) is 5.90. The summed E-state index contributed by atoms with van der Waals surface area (Å²) in [6, 6.07) is 4.82. The molecule has 0 aromatic heterocycles. The Morgan fingerprint density at radius 1 is 1.15 bits per heavy atom. The van der Waals surface area contributed by atoms with Gasteiger partial charge in [-0.2, -0.15) is 0 Å². The predicted octanol–water partition coefficient (Wildman–Crippen LogP) is 1.49. The lowest BCUT2D eigenvalue weighted by Gasteiger charge is -2.09. The maximum Gasteiger partial charge on any atom is 0.338 e. The van der Waals surface area contributed by atoms with Gasteiger partial charge in [-0.05, 0) is 19.1 Å². The van der Waals surface area contributed by atoms with Crippen molar-refractivity contribution in [2.24, 2.45) is 0 Å². The molecule has 0 saturated carbocycles. The molecule has 0 radical (unpaired) electrons. The van der Waals surface area contributed by atoms with Gasteiger partial charge in [0.05, 0.1) is 32.0 Å². The van der Waals surface area contributed by atoms with E-state index < -0.39 is 5.97 Å². The molecule has 0 amide bonds. The number of esters is 1. The van der Waals surface area contributed by atoms with Crippen LogP contribution in [0.1, 0.15) is 17.3 Å². The summed E-state index contributed by atoms with van der Waals surface area (Å²) in [4.78, 5) is 11.8. The standard InChI is InChI=1S/C14H21NO5/c1-3-19-13-9-11(8-12(15)10-13)14(16)20-7-6-18-5-4-17-2/h8-10H,3-7,15H2,1-2H3. The first-order valence-corrected chi connectivity index (χ1v) is 6.44. The molecule has 6 heteroatoms. The predicted molar refractivity (Wildman–Crippen MR) is 75.0 cm³/mol. The molecule has 0 atom stereocenters. The molecule has 0 aliphatic heterocycles. The van der Waals surface area contributed by atoms with Gasteiger partial charge in [0, 0.05) is 18.9 Å². The Balaban J connectivity index is 2.42. The van der Waals surface area contributed by atoms with E-state index in [1.807, 2.05) is 6.92 Å². The lowest BCUT2D eigenvalue weighted by atomic mass is 10.2. The molecule has 0 aliphatic rings. The summed E-state index contributed by atoms with van der Waals surface area (Å²) in [5.41, 5.74) is 6.53. The number of nitrogens with two attached hydrogens (primary N) is 1. The van der Waals surface area contributed by atoms with Crippen LogP contribution in [-0.2, 0) is 14.2 Å². The third-order valence-corrected chi connectivity index (χ3v) is 2.37. The monoisotopic (exact) mass is 283 g/mol. The van der Waals surface area contributed by atoms with E-state index in [0.29, 0.717) is 43.4 Å². The van der Waals surface area contributed by atoms with Gasteiger partial charge in [-0.15, -0.1) is 0 Å². The highest BCUT2D eigenvalue weighted by molar-refractivity contribution is 5.91. The quantitative estimate of drug-likeness (QED) is 0.420. The second kappa shape index (κ2) is 9.17. The average Bonchev–Trinajstić information content (AvgIpc) is 2.42. The first kappa shape index (κ1) is 16.3. The molecule has 0 fully saturated rings. The molecule has 1 aromatic carbocycles. The Kier molecular flexibility index (Phi) is 7.46. The van der Waals surface area contributed by atoms with E-state index in [4.69, 9.17) is 24.7 Å². The van der Waals surface area contributed by atoms with E-state index in [1.54, 1.807) is 25.3 Å². The van der Waals surface area contributed by atoms with Crippen LogP contribution in [0.2, 0.25) is 0 Å². The minimum Gasteiger partial charge on any atom is -0.494 e. The highest BCUT2D eigenvalue weighted by atomic mass is 16.6. The molecule has 0 heterocycles. The van der Waals surface area contributed by atoms with Crippen LogP contribution in [0.3, 0.4) is 0 Å². The summed E-state index contributed by atoms with van der Waals surface area (Å²) in [6.45, 7) is 3.86. The molecule has 0 aliphatic carbocycles. The highest BCUT2D eigenvalue weighted by Gasteiger charge is 2.10. The Morgan fingerprint density at radius 2 is 1.90 bits per heavy atom. The van der Waals surface area contributed by atoms with E-state index in [2.05, 4.69) is 0 Å². The SMILES string of the molecule is CCOc1cc(N)cc(C(=O)OCCOCCOC)c1. The number of methoxy groups -OCH3 is 1. The number of nitrogen functional groups attached to an aromatic ring is 1. The van der Waals surface area contributed by atoms with Crippen molar-refractivity contribution in [2.45, 2.75) is 6.92 Å². The number of carbonyl (C=O) groups is 1. The van der Waals surface area contributed by atoms with Crippen LogP contribution in [0.5, 0.6) is 5.75 Å². The maximum atomic E-state index is 11.8. The topological polar surface area (TPSA) is 80.0 Å². The minimum atomic E-state index is -0.450. The van der Waals surface area contributed by atoms with E-state index in [1.165, 1.54) is 0 Å². The van der Waals surface area contributed by atoms with Crippen molar-refractivity contribution in [1.82, 2.24) is 0 Å².